The molecular weight excluding hydrogens is 386 g/mol. The molecule has 4 rings (SSSR count). The fourth-order valence-electron chi connectivity index (χ4n) is 3.99. The number of aromatic nitrogens is 2. The lowest BCUT2D eigenvalue weighted by atomic mass is 9.88. The number of aromatic amines is 1. The van der Waals surface area contributed by atoms with Gasteiger partial charge in [-0.2, -0.15) is 5.10 Å². The number of hydrogen-bond acceptors (Lipinski definition) is 3. The van der Waals surface area contributed by atoms with Crippen LogP contribution in [0.25, 0.3) is 11.3 Å². The molecule has 2 aromatic heterocycles. The van der Waals surface area contributed by atoms with Crippen LogP contribution in [0.2, 0.25) is 0 Å². The number of anilines is 1. The number of benzene rings is 2. The van der Waals surface area contributed by atoms with Gasteiger partial charge in [0.15, 0.2) is 5.76 Å². The first-order valence-electron chi connectivity index (χ1n) is 10.4. The molecule has 0 atom stereocenters. The van der Waals surface area contributed by atoms with Gasteiger partial charge < -0.3 is 9.73 Å². The molecule has 4 aromatic rings. The van der Waals surface area contributed by atoms with Gasteiger partial charge in [-0.15, -0.1) is 0 Å². The highest BCUT2D eigenvalue weighted by atomic mass is 16.3. The van der Waals surface area contributed by atoms with E-state index >= 15 is 0 Å². The maximum atomic E-state index is 12.7. The third-order valence-corrected chi connectivity index (χ3v) is 6.32. The molecule has 0 saturated heterocycles. The van der Waals surface area contributed by atoms with Crippen LogP contribution in [0, 0.1) is 34.6 Å². The first-order chi connectivity index (χ1) is 14.8. The summed E-state index contributed by atoms with van der Waals surface area (Å²) in [7, 11) is 0. The summed E-state index contributed by atoms with van der Waals surface area (Å²) >= 11 is 0. The van der Waals surface area contributed by atoms with Crippen LogP contribution in [0.15, 0.2) is 53.1 Å². The smallest absolute Gasteiger partial charge is 0.291 e. The van der Waals surface area contributed by atoms with Gasteiger partial charge in [0.1, 0.15) is 5.76 Å². The molecular formula is C26H27N3O2. The molecule has 0 aliphatic carbocycles. The van der Waals surface area contributed by atoms with Crippen LogP contribution in [0.1, 0.15) is 49.7 Å². The van der Waals surface area contributed by atoms with E-state index in [1.807, 2.05) is 36.4 Å². The molecule has 0 unspecified atom stereocenters. The van der Waals surface area contributed by atoms with Crippen molar-refractivity contribution in [3.63, 3.8) is 0 Å². The summed E-state index contributed by atoms with van der Waals surface area (Å²) < 4.78 is 5.92. The van der Waals surface area contributed by atoms with E-state index < -0.39 is 0 Å². The second-order valence-electron chi connectivity index (χ2n) is 8.05. The van der Waals surface area contributed by atoms with Gasteiger partial charge in [-0.3, -0.25) is 9.89 Å². The number of carbonyl (C=O) groups is 1. The fraction of sp³-hybridized carbons (Fsp3) is 0.231. The molecule has 5 heteroatoms. The summed E-state index contributed by atoms with van der Waals surface area (Å²) in [6.45, 7) is 10.8. The summed E-state index contributed by atoms with van der Waals surface area (Å²) in [4.78, 5) is 12.7. The molecule has 2 aromatic carbocycles. The Morgan fingerprint density at radius 3 is 2.32 bits per heavy atom. The monoisotopic (exact) mass is 413 g/mol. The van der Waals surface area contributed by atoms with Crippen LogP contribution >= 0.6 is 0 Å². The van der Waals surface area contributed by atoms with E-state index in [-0.39, 0.29) is 5.91 Å². The number of nitrogens with zero attached hydrogens (tertiary/aromatic N) is 1. The summed E-state index contributed by atoms with van der Waals surface area (Å²) in [5, 5.41) is 9.82. The molecule has 158 valence electrons. The standard InChI is InChI=1S/C26H27N3O2/c1-15-16(2)18(4)23(19(5)17(15)3)14-22-9-10-25(31-22)26(30)28-21-8-6-7-20(13-21)24-11-12-27-29-24/h6-13H,14H2,1-5H3,(H,27,29)(H,28,30). The van der Waals surface area contributed by atoms with E-state index in [4.69, 9.17) is 4.42 Å². The summed E-state index contributed by atoms with van der Waals surface area (Å²) in [5.74, 6) is 0.820. The summed E-state index contributed by atoms with van der Waals surface area (Å²) in [6, 6.07) is 13.1. The average molecular weight is 414 g/mol. The van der Waals surface area contributed by atoms with Gasteiger partial charge >= 0.3 is 0 Å². The Balaban J connectivity index is 1.52. The zero-order chi connectivity index (χ0) is 22.1. The Morgan fingerprint density at radius 2 is 1.65 bits per heavy atom. The lowest BCUT2D eigenvalue weighted by Crippen LogP contribution is -2.10. The van der Waals surface area contributed by atoms with E-state index in [9.17, 15) is 4.79 Å². The molecule has 31 heavy (non-hydrogen) atoms. The Kier molecular flexibility index (Phi) is 5.51. The maximum Gasteiger partial charge on any atom is 0.291 e. The van der Waals surface area contributed by atoms with Gasteiger partial charge in [-0.1, -0.05) is 12.1 Å². The van der Waals surface area contributed by atoms with Crippen LogP contribution in [0.5, 0.6) is 0 Å². The van der Waals surface area contributed by atoms with Crippen molar-refractivity contribution in [2.24, 2.45) is 0 Å². The van der Waals surface area contributed by atoms with Crippen molar-refractivity contribution < 1.29 is 9.21 Å². The number of carbonyl (C=O) groups excluding carboxylic acids is 1. The number of furan rings is 1. The van der Waals surface area contributed by atoms with Crippen LogP contribution in [-0.2, 0) is 6.42 Å². The Hall–Kier alpha value is -3.60. The predicted molar refractivity (Wildman–Crippen MR) is 124 cm³/mol. The molecule has 5 nitrogen and oxygen atoms in total. The molecule has 0 bridgehead atoms. The minimum Gasteiger partial charge on any atom is -0.456 e. The third-order valence-electron chi connectivity index (χ3n) is 6.32. The van der Waals surface area contributed by atoms with Crippen molar-refractivity contribution in [2.75, 3.05) is 5.32 Å². The Bertz CT molecular complexity index is 1220. The van der Waals surface area contributed by atoms with E-state index in [1.54, 1.807) is 12.3 Å². The number of rotatable bonds is 5. The first kappa shape index (κ1) is 20.7. The van der Waals surface area contributed by atoms with E-state index in [1.165, 1.54) is 33.4 Å². The van der Waals surface area contributed by atoms with Crippen molar-refractivity contribution >= 4 is 11.6 Å². The molecule has 0 fully saturated rings. The molecule has 2 N–H and O–H groups in total. The largest absolute Gasteiger partial charge is 0.456 e. The number of H-pyrrole nitrogens is 1. The summed E-state index contributed by atoms with van der Waals surface area (Å²) in [5.41, 5.74) is 10.4. The zero-order valence-electron chi connectivity index (χ0n) is 18.6. The van der Waals surface area contributed by atoms with Crippen LogP contribution in [0.4, 0.5) is 5.69 Å². The lowest BCUT2D eigenvalue weighted by molar-refractivity contribution is 0.0995. The quantitative estimate of drug-likeness (QED) is 0.418. The van der Waals surface area contributed by atoms with Gasteiger partial charge in [-0.25, -0.2) is 0 Å². The summed E-state index contributed by atoms with van der Waals surface area (Å²) in [6.07, 6.45) is 2.37. The van der Waals surface area contributed by atoms with Crippen molar-refractivity contribution in [3.05, 3.63) is 93.6 Å². The lowest BCUT2D eigenvalue weighted by Gasteiger charge is -2.18. The minimum absolute atomic E-state index is 0.266. The second-order valence-corrected chi connectivity index (χ2v) is 8.05. The van der Waals surface area contributed by atoms with Crippen LogP contribution in [0.3, 0.4) is 0 Å². The van der Waals surface area contributed by atoms with Gasteiger partial charge in [0.2, 0.25) is 0 Å². The van der Waals surface area contributed by atoms with Crippen LogP contribution in [-0.4, -0.2) is 16.1 Å². The Morgan fingerprint density at radius 1 is 0.935 bits per heavy atom. The molecule has 0 saturated carbocycles. The topological polar surface area (TPSA) is 70.9 Å². The van der Waals surface area contributed by atoms with Crippen LogP contribution < -0.4 is 5.32 Å². The average Bonchev–Trinajstić information content (AvgIpc) is 3.46. The number of nitrogens with one attached hydrogen (secondary N) is 2. The molecule has 0 radical (unpaired) electrons. The van der Waals surface area contributed by atoms with Crippen molar-refractivity contribution in [1.82, 2.24) is 10.2 Å². The zero-order valence-corrected chi connectivity index (χ0v) is 18.6. The van der Waals surface area contributed by atoms with Gasteiger partial charge in [0, 0.05) is 23.9 Å². The molecule has 0 spiro atoms. The van der Waals surface area contributed by atoms with Crippen molar-refractivity contribution in [1.29, 1.82) is 0 Å². The highest BCUT2D eigenvalue weighted by molar-refractivity contribution is 6.02. The maximum absolute atomic E-state index is 12.7. The highest BCUT2D eigenvalue weighted by Crippen LogP contribution is 2.28. The Labute approximate surface area is 182 Å². The van der Waals surface area contributed by atoms with E-state index in [2.05, 4.69) is 50.1 Å². The SMILES string of the molecule is Cc1c(C)c(C)c(Cc2ccc(C(=O)Nc3cccc(-c4ccn[nH]4)c3)o2)c(C)c1C. The number of hydrogen-bond donors (Lipinski definition) is 2. The van der Waals surface area contributed by atoms with Crippen molar-refractivity contribution in [3.8, 4) is 11.3 Å². The first-order valence-corrected chi connectivity index (χ1v) is 10.4. The number of amides is 1. The van der Waals surface area contributed by atoms with E-state index in [0.717, 1.165) is 17.0 Å². The third kappa shape index (κ3) is 4.04. The fourth-order valence-corrected chi connectivity index (χ4v) is 3.99. The minimum atomic E-state index is -0.266. The predicted octanol–water partition coefficient (Wildman–Crippen LogP) is 6.05. The van der Waals surface area contributed by atoms with Crippen molar-refractivity contribution in [2.45, 2.75) is 41.0 Å². The van der Waals surface area contributed by atoms with Gasteiger partial charge in [-0.05, 0) is 98.3 Å². The van der Waals surface area contributed by atoms with Gasteiger partial charge in [0.05, 0.1) is 5.69 Å². The second kappa shape index (κ2) is 8.26. The molecule has 0 aliphatic rings. The van der Waals surface area contributed by atoms with E-state index in [0.29, 0.717) is 17.9 Å². The molecule has 1 amide bonds. The molecule has 2 heterocycles. The highest BCUT2D eigenvalue weighted by Gasteiger charge is 2.16. The normalized spacial score (nSPS) is 11.0. The molecule has 0 aliphatic heterocycles. The van der Waals surface area contributed by atoms with Gasteiger partial charge in [0.25, 0.3) is 5.91 Å².